The van der Waals surface area contributed by atoms with Gasteiger partial charge in [0.05, 0.1) is 0 Å². The van der Waals surface area contributed by atoms with Gasteiger partial charge in [-0.2, -0.15) is 0 Å². The minimum Gasteiger partial charge on any atom is -0.324 e. The lowest BCUT2D eigenvalue weighted by Gasteiger charge is -2.14. The molecule has 0 bridgehead atoms. The largest absolute Gasteiger partial charge is 0.324 e. The minimum atomic E-state index is -0.150. The van der Waals surface area contributed by atoms with Crippen molar-refractivity contribution in [2.24, 2.45) is 11.7 Å². The van der Waals surface area contributed by atoms with E-state index in [1.165, 1.54) is 6.07 Å². The fourth-order valence-corrected chi connectivity index (χ4v) is 2.69. The Morgan fingerprint density at radius 2 is 2.06 bits per heavy atom. The van der Waals surface area contributed by atoms with E-state index in [0.29, 0.717) is 5.92 Å². The van der Waals surface area contributed by atoms with Gasteiger partial charge in [-0.1, -0.05) is 32.4 Å². The maximum Gasteiger partial charge on any atom is 0.137 e. The Kier molecular flexibility index (Phi) is 5.29. The van der Waals surface area contributed by atoms with Crippen LogP contribution < -0.4 is 5.73 Å². The summed E-state index contributed by atoms with van der Waals surface area (Å²) in [7, 11) is 0. The van der Waals surface area contributed by atoms with Gasteiger partial charge in [0, 0.05) is 16.7 Å². The fraction of sp³-hybridized carbons (Fsp3) is 0.538. The van der Waals surface area contributed by atoms with Crippen LogP contribution in [0.4, 0.5) is 4.39 Å². The van der Waals surface area contributed by atoms with E-state index >= 15 is 0 Å². The molecule has 0 saturated heterocycles. The van der Waals surface area contributed by atoms with E-state index in [1.807, 2.05) is 13.0 Å². The molecule has 1 aromatic carbocycles. The van der Waals surface area contributed by atoms with Gasteiger partial charge < -0.3 is 5.73 Å². The van der Waals surface area contributed by atoms with Crippen molar-refractivity contribution < 1.29 is 4.39 Å². The van der Waals surface area contributed by atoms with Gasteiger partial charge >= 0.3 is 0 Å². The van der Waals surface area contributed by atoms with Gasteiger partial charge in [-0.25, -0.2) is 4.39 Å². The van der Waals surface area contributed by atoms with Crippen molar-refractivity contribution >= 4 is 11.8 Å². The van der Waals surface area contributed by atoms with Gasteiger partial charge in [0.15, 0.2) is 0 Å². The third-order valence-corrected chi connectivity index (χ3v) is 4.15. The summed E-state index contributed by atoms with van der Waals surface area (Å²) in [5, 5.41) is 0. The van der Waals surface area contributed by atoms with Gasteiger partial charge in [0.2, 0.25) is 0 Å². The lowest BCUT2D eigenvalue weighted by Crippen LogP contribution is -2.08. The number of rotatable bonds is 5. The molecule has 1 aromatic rings. The molecule has 0 aliphatic rings. The monoisotopic (exact) mass is 241 g/mol. The SMILES string of the molecule is CCC(C)CSc1c(F)cccc1[C@H](C)N. The summed E-state index contributed by atoms with van der Waals surface area (Å²) in [4.78, 5) is 0.720. The summed E-state index contributed by atoms with van der Waals surface area (Å²) in [6, 6.07) is 5.02. The predicted molar refractivity (Wildman–Crippen MR) is 69.2 cm³/mol. The molecule has 1 nitrogen and oxygen atoms in total. The topological polar surface area (TPSA) is 26.0 Å². The fourth-order valence-electron chi connectivity index (χ4n) is 1.38. The van der Waals surface area contributed by atoms with Crippen LogP contribution in [-0.4, -0.2) is 5.75 Å². The van der Waals surface area contributed by atoms with Crippen molar-refractivity contribution in [2.75, 3.05) is 5.75 Å². The maximum atomic E-state index is 13.7. The molecule has 16 heavy (non-hydrogen) atoms. The molecule has 0 radical (unpaired) electrons. The zero-order valence-corrected chi connectivity index (χ0v) is 11.0. The second-order valence-corrected chi connectivity index (χ2v) is 5.30. The normalized spacial score (nSPS) is 14.8. The Labute approximate surface area is 102 Å². The van der Waals surface area contributed by atoms with E-state index < -0.39 is 0 Å². The number of halogens is 1. The van der Waals surface area contributed by atoms with Crippen LogP contribution in [0.1, 0.15) is 38.8 Å². The van der Waals surface area contributed by atoms with Crippen molar-refractivity contribution in [3.63, 3.8) is 0 Å². The number of hydrogen-bond donors (Lipinski definition) is 1. The molecule has 2 N–H and O–H groups in total. The van der Waals surface area contributed by atoms with Gasteiger partial charge in [0.25, 0.3) is 0 Å². The van der Waals surface area contributed by atoms with Crippen molar-refractivity contribution in [1.82, 2.24) is 0 Å². The van der Waals surface area contributed by atoms with E-state index in [-0.39, 0.29) is 11.9 Å². The summed E-state index contributed by atoms with van der Waals surface area (Å²) >= 11 is 1.58. The smallest absolute Gasteiger partial charge is 0.137 e. The molecular formula is C13H20FNS. The Morgan fingerprint density at radius 3 is 2.62 bits per heavy atom. The number of hydrogen-bond acceptors (Lipinski definition) is 2. The van der Waals surface area contributed by atoms with Crippen LogP contribution in [0.2, 0.25) is 0 Å². The van der Waals surface area contributed by atoms with Crippen LogP contribution in [-0.2, 0) is 0 Å². The third kappa shape index (κ3) is 3.49. The summed E-state index contributed by atoms with van der Waals surface area (Å²) < 4.78 is 13.7. The van der Waals surface area contributed by atoms with Crippen LogP contribution in [0.3, 0.4) is 0 Å². The zero-order valence-electron chi connectivity index (χ0n) is 10.2. The quantitative estimate of drug-likeness (QED) is 0.789. The molecule has 0 aliphatic heterocycles. The lowest BCUT2D eigenvalue weighted by atomic mass is 10.1. The summed E-state index contributed by atoms with van der Waals surface area (Å²) in [6.07, 6.45) is 1.12. The molecule has 0 fully saturated rings. The lowest BCUT2D eigenvalue weighted by molar-refractivity contribution is 0.589. The highest BCUT2D eigenvalue weighted by Crippen LogP contribution is 2.31. The number of thioether (sulfide) groups is 1. The van der Waals surface area contributed by atoms with Crippen molar-refractivity contribution in [2.45, 2.75) is 38.1 Å². The van der Waals surface area contributed by atoms with E-state index in [1.54, 1.807) is 17.8 Å². The molecule has 0 amide bonds. The Balaban J connectivity index is 2.84. The molecule has 1 unspecified atom stereocenters. The molecule has 0 aliphatic carbocycles. The van der Waals surface area contributed by atoms with E-state index in [9.17, 15) is 4.39 Å². The van der Waals surface area contributed by atoms with E-state index in [4.69, 9.17) is 5.73 Å². The Morgan fingerprint density at radius 1 is 1.38 bits per heavy atom. The van der Waals surface area contributed by atoms with Crippen LogP contribution >= 0.6 is 11.8 Å². The molecule has 0 spiro atoms. The molecule has 0 aromatic heterocycles. The first-order chi connectivity index (χ1) is 7.56. The first-order valence-electron chi connectivity index (χ1n) is 5.73. The van der Waals surface area contributed by atoms with Gasteiger partial charge in [-0.3, -0.25) is 0 Å². The molecule has 2 atom stereocenters. The highest BCUT2D eigenvalue weighted by atomic mass is 32.2. The number of benzene rings is 1. The van der Waals surface area contributed by atoms with Crippen molar-refractivity contribution in [3.8, 4) is 0 Å². The van der Waals surface area contributed by atoms with E-state index in [2.05, 4.69) is 13.8 Å². The first-order valence-corrected chi connectivity index (χ1v) is 6.71. The summed E-state index contributed by atoms with van der Waals surface area (Å²) in [5.41, 5.74) is 6.75. The Hall–Kier alpha value is -0.540. The van der Waals surface area contributed by atoms with E-state index in [0.717, 1.165) is 22.6 Å². The molecule has 1 rings (SSSR count). The summed E-state index contributed by atoms with van der Waals surface area (Å²) in [5.74, 6) is 1.39. The maximum absolute atomic E-state index is 13.7. The van der Waals surface area contributed by atoms with Gasteiger partial charge in [-0.15, -0.1) is 11.8 Å². The molecule has 90 valence electrons. The highest BCUT2D eigenvalue weighted by Gasteiger charge is 2.12. The molecule has 0 saturated carbocycles. The van der Waals surface area contributed by atoms with Gasteiger partial charge in [0.1, 0.15) is 5.82 Å². The van der Waals surface area contributed by atoms with Crippen LogP contribution in [0.15, 0.2) is 23.1 Å². The van der Waals surface area contributed by atoms with Crippen LogP contribution in [0, 0.1) is 11.7 Å². The number of nitrogens with two attached hydrogens (primary N) is 1. The molecular weight excluding hydrogens is 221 g/mol. The second kappa shape index (κ2) is 6.26. The predicted octanol–water partition coefficient (Wildman–Crippen LogP) is 3.98. The van der Waals surface area contributed by atoms with Crippen molar-refractivity contribution in [1.29, 1.82) is 0 Å². The second-order valence-electron chi connectivity index (χ2n) is 4.27. The minimum absolute atomic E-state index is 0.116. The average molecular weight is 241 g/mol. The first kappa shape index (κ1) is 13.5. The highest BCUT2D eigenvalue weighted by molar-refractivity contribution is 7.99. The molecule has 3 heteroatoms. The standard InChI is InChI=1S/C13H20FNS/c1-4-9(2)8-16-13-11(10(3)15)6-5-7-12(13)14/h5-7,9-10H,4,8,15H2,1-3H3/t9?,10-/m0/s1. The average Bonchev–Trinajstić information content (AvgIpc) is 2.26. The van der Waals surface area contributed by atoms with Crippen molar-refractivity contribution in [3.05, 3.63) is 29.6 Å². The van der Waals surface area contributed by atoms with Crippen LogP contribution in [0.25, 0.3) is 0 Å². The zero-order chi connectivity index (χ0) is 12.1. The Bertz CT molecular complexity index is 339. The summed E-state index contributed by atoms with van der Waals surface area (Å²) in [6.45, 7) is 6.22. The molecule has 0 heterocycles. The van der Waals surface area contributed by atoms with Gasteiger partial charge in [-0.05, 0) is 24.5 Å². The third-order valence-electron chi connectivity index (χ3n) is 2.70. The van der Waals surface area contributed by atoms with Crippen LogP contribution in [0.5, 0.6) is 0 Å².